The molecule has 2 N–H and O–H groups in total. The summed E-state index contributed by atoms with van der Waals surface area (Å²) in [5, 5.41) is 4.83. The van der Waals surface area contributed by atoms with Crippen molar-refractivity contribution in [3.05, 3.63) is 53.8 Å². The first-order chi connectivity index (χ1) is 14.0. The van der Waals surface area contributed by atoms with Gasteiger partial charge in [0.1, 0.15) is 5.82 Å². The Kier molecular flexibility index (Phi) is 5.77. The van der Waals surface area contributed by atoms with Crippen molar-refractivity contribution in [3.8, 4) is 0 Å². The van der Waals surface area contributed by atoms with E-state index in [-0.39, 0.29) is 35.9 Å². The molecule has 0 saturated carbocycles. The van der Waals surface area contributed by atoms with Crippen LogP contribution in [0.25, 0.3) is 0 Å². The number of amides is 3. The van der Waals surface area contributed by atoms with Crippen molar-refractivity contribution >= 4 is 34.8 Å². The molecule has 3 amide bonds. The minimum absolute atomic E-state index is 0.0314. The minimum atomic E-state index is -4.56. The second-order valence-corrected chi connectivity index (χ2v) is 6.82. The van der Waals surface area contributed by atoms with E-state index < -0.39 is 35.3 Å². The van der Waals surface area contributed by atoms with Crippen LogP contribution in [-0.4, -0.2) is 24.3 Å². The molecule has 1 unspecified atom stereocenters. The number of nitrogens with one attached hydrogen (secondary N) is 2. The maximum absolute atomic E-state index is 14.0. The monoisotopic (exact) mass is 423 g/mol. The van der Waals surface area contributed by atoms with Gasteiger partial charge in [0.2, 0.25) is 17.7 Å². The zero-order valence-electron chi connectivity index (χ0n) is 15.7. The van der Waals surface area contributed by atoms with Gasteiger partial charge >= 0.3 is 6.18 Å². The lowest BCUT2D eigenvalue weighted by Gasteiger charge is -2.18. The first-order valence-electron chi connectivity index (χ1n) is 8.90. The topological polar surface area (TPSA) is 78.5 Å². The van der Waals surface area contributed by atoms with E-state index in [9.17, 15) is 31.9 Å². The van der Waals surface area contributed by atoms with E-state index >= 15 is 0 Å². The largest absolute Gasteiger partial charge is 0.416 e. The second kappa shape index (κ2) is 8.13. The fraction of sp³-hybridized carbons (Fsp3) is 0.250. The van der Waals surface area contributed by atoms with Crippen molar-refractivity contribution in [2.45, 2.75) is 19.5 Å². The molecule has 2 aromatic carbocycles. The Morgan fingerprint density at radius 1 is 1.10 bits per heavy atom. The number of nitrogens with zero attached hydrogens (tertiary/aromatic N) is 1. The van der Waals surface area contributed by atoms with Crippen LogP contribution in [-0.2, 0) is 20.6 Å². The highest BCUT2D eigenvalue weighted by atomic mass is 19.4. The number of carbonyl (C=O) groups excluding carboxylic acids is 3. The third-order valence-electron chi connectivity index (χ3n) is 4.53. The van der Waals surface area contributed by atoms with Crippen LogP contribution in [0.3, 0.4) is 0 Å². The van der Waals surface area contributed by atoms with Crippen LogP contribution in [0, 0.1) is 11.7 Å². The number of rotatable bonds is 4. The van der Waals surface area contributed by atoms with Crippen LogP contribution in [0.15, 0.2) is 42.5 Å². The standard InChI is InChI=1S/C20H17F4N3O3/c1-11(28)25-14-5-6-16(21)17(9-14)26-19(30)12-7-18(29)27(10-12)15-4-2-3-13(8-15)20(22,23)24/h2-6,8-9,12H,7,10H2,1H3,(H,25,28)(H,26,30). The number of halogens is 4. The Labute approximate surface area is 168 Å². The molecule has 1 fully saturated rings. The van der Waals surface area contributed by atoms with E-state index in [0.29, 0.717) is 0 Å². The van der Waals surface area contributed by atoms with Gasteiger partial charge in [-0.3, -0.25) is 14.4 Å². The Morgan fingerprint density at radius 3 is 2.50 bits per heavy atom. The molecule has 6 nitrogen and oxygen atoms in total. The highest BCUT2D eigenvalue weighted by Crippen LogP contribution is 2.33. The first kappa shape index (κ1) is 21.3. The van der Waals surface area contributed by atoms with Crippen molar-refractivity contribution in [3.63, 3.8) is 0 Å². The van der Waals surface area contributed by atoms with Gasteiger partial charge in [0, 0.05) is 31.3 Å². The highest BCUT2D eigenvalue weighted by Gasteiger charge is 2.37. The summed E-state index contributed by atoms with van der Waals surface area (Å²) in [6, 6.07) is 7.88. The summed E-state index contributed by atoms with van der Waals surface area (Å²) in [7, 11) is 0. The third kappa shape index (κ3) is 4.76. The average molecular weight is 423 g/mol. The molecule has 1 aliphatic rings. The number of carbonyl (C=O) groups is 3. The lowest BCUT2D eigenvalue weighted by atomic mass is 10.1. The molecular weight excluding hydrogens is 406 g/mol. The molecule has 1 aliphatic heterocycles. The van der Waals surface area contributed by atoms with E-state index in [1.807, 2.05) is 0 Å². The number of hydrogen-bond acceptors (Lipinski definition) is 3. The van der Waals surface area contributed by atoms with E-state index in [1.165, 1.54) is 31.2 Å². The maximum atomic E-state index is 14.0. The zero-order chi connectivity index (χ0) is 22.1. The van der Waals surface area contributed by atoms with Gasteiger partial charge in [-0.05, 0) is 36.4 Å². The molecule has 0 bridgehead atoms. The van der Waals surface area contributed by atoms with Gasteiger partial charge in [0.05, 0.1) is 17.2 Å². The fourth-order valence-electron chi connectivity index (χ4n) is 3.12. The molecule has 158 valence electrons. The van der Waals surface area contributed by atoms with Gasteiger partial charge in [0.25, 0.3) is 0 Å². The molecule has 1 heterocycles. The molecule has 10 heteroatoms. The van der Waals surface area contributed by atoms with Crippen LogP contribution >= 0.6 is 0 Å². The van der Waals surface area contributed by atoms with Crippen LogP contribution in [0.2, 0.25) is 0 Å². The summed E-state index contributed by atoms with van der Waals surface area (Å²) >= 11 is 0. The summed E-state index contributed by atoms with van der Waals surface area (Å²) in [4.78, 5) is 37.0. The quantitative estimate of drug-likeness (QED) is 0.735. The Balaban J connectivity index is 1.74. The summed E-state index contributed by atoms with van der Waals surface area (Å²) in [6.07, 6.45) is -4.79. The Bertz CT molecular complexity index is 1010. The molecule has 1 atom stereocenters. The highest BCUT2D eigenvalue weighted by molar-refractivity contribution is 6.03. The van der Waals surface area contributed by atoms with Gasteiger partial charge in [0.15, 0.2) is 0 Å². The zero-order valence-corrected chi connectivity index (χ0v) is 15.7. The number of benzene rings is 2. The first-order valence-corrected chi connectivity index (χ1v) is 8.90. The van der Waals surface area contributed by atoms with Crippen molar-refractivity contribution in [2.24, 2.45) is 5.92 Å². The molecule has 0 radical (unpaired) electrons. The third-order valence-corrected chi connectivity index (χ3v) is 4.53. The van der Waals surface area contributed by atoms with Crippen molar-refractivity contribution in [2.75, 3.05) is 22.1 Å². The summed E-state index contributed by atoms with van der Waals surface area (Å²) in [5.74, 6) is -3.16. The van der Waals surface area contributed by atoms with Crippen LogP contribution in [0.5, 0.6) is 0 Å². The smallest absolute Gasteiger partial charge is 0.326 e. The lowest BCUT2D eigenvalue weighted by molar-refractivity contribution is -0.137. The molecule has 1 saturated heterocycles. The normalized spacial score (nSPS) is 16.5. The predicted octanol–water partition coefficient (Wildman–Crippen LogP) is 3.79. The molecule has 2 aromatic rings. The number of hydrogen-bond donors (Lipinski definition) is 2. The molecule has 0 spiro atoms. The maximum Gasteiger partial charge on any atom is 0.416 e. The molecule has 3 rings (SSSR count). The van der Waals surface area contributed by atoms with Gasteiger partial charge < -0.3 is 15.5 Å². The molecule has 0 aliphatic carbocycles. The van der Waals surface area contributed by atoms with E-state index in [2.05, 4.69) is 10.6 Å². The van der Waals surface area contributed by atoms with E-state index in [4.69, 9.17) is 0 Å². The minimum Gasteiger partial charge on any atom is -0.326 e. The number of anilines is 3. The van der Waals surface area contributed by atoms with Gasteiger partial charge in [-0.25, -0.2) is 4.39 Å². The van der Waals surface area contributed by atoms with Crippen LogP contribution < -0.4 is 15.5 Å². The van der Waals surface area contributed by atoms with Gasteiger partial charge in [-0.15, -0.1) is 0 Å². The summed E-state index contributed by atoms with van der Waals surface area (Å²) in [6.45, 7) is 1.13. The Morgan fingerprint density at radius 2 is 1.83 bits per heavy atom. The van der Waals surface area contributed by atoms with E-state index in [1.54, 1.807) is 0 Å². The molecule has 30 heavy (non-hydrogen) atoms. The number of alkyl halides is 3. The van der Waals surface area contributed by atoms with Crippen molar-refractivity contribution in [1.29, 1.82) is 0 Å². The van der Waals surface area contributed by atoms with Crippen molar-refractivity contribution in [1.82, 2.24) is 0 Å². The average Bonchev–Trinajstić information content (AvgIpc) is 3.05. The van der Waals surface area contributed by atoms with E-state index in [0.717, 1.165) is 23.1 Å². The molecule has 0 aromatic heterocycles. The predicted molar refractivity (Wildman–Crippen MR) is 101 cm³/mol. The summed E-state index contributed by atoms with van der Waals surface area (Å²) < 4.78 is 52.8. The SMILES string of the molecule is CC(=O)Nc1ccc(F)c(NC(=O)C2CC(=O)N(c3cccc(C(F)(F)F)c3)C2)c1. The second-order valence-electron chi connectivity index (χ2n) is 6.82. The van der Waals surface area contributed by atoms with Crippen LogP contribution in [0.4, 0.5) is 34.6 Å². The van der Waals surface area contributed by atoms with Crippen molar-refractivity contribution < 1.29 is 31.9 Å². The van der Waals surface area contributed by atoms with Crippen LogP contribution in [0.1, 0.15) is 18.9 Å². The molecular formula is C20H17F4N3O3. The fourth-order valence-corrected chi connectivity index (χ4v) is 3.12. The summed E-state index contributed by atoms with van der Waals surface area (Å²) in [5.41, 5.74) is -0.787. The lowest BCUT2D eigenvalue weighted by Crippen LogP contribution is -2.28. The van der Waals surface area contributed by atoms with Gasteiger partial charge in [-0.1, -0.05) is 6.07 Å². The van der Waals surface area contributed by atoms with Gasteiger partial charge in [-0.2, -0.15) is 13.2 Å². The Hall–Kier alpha value is -3.43.